The molecular formula is C20H31Cl2FN4O3. The second-order valence-corrected chi connectivity index (χ2v) is 7.62. The van der Waals surface area contributed by atoms with Crippen molar-refractivity contribution in [2.75, 3.05) is 43.5 Å². The average molecular weight is 465 g/mol. The van der Waals surface area contributed by atoms with Gasteiger partial charge in [0.25, 0.3) is 0 Å². The second-order valence-electron chi connectivity index (χ2n) is 7.62. The Labute approximate surface area is 189 Å². The number of carbonyl (C=O) groups is 2. The molecule has 2 fully saturated rings. The first kappa shape index (κ1) is 26.6. The van der Waals surface area contributed by atoms with Crippen LogP contribution in [0.1, 0.15) is 38.5 Å². The van der Waals surface area contributed by atoms with Crippen LogP contribution in [0.4, 0.5) is 15.8 Å². The zero-order chi connectivity index (χ0) is 20.0. The first-order valence-electron chi connectivity index (χ1n) is 9.96. The molecule has 1 saturated heterocycles. The SMILES string of the molecule is Cl.Cl.NC1(C(=O)Nc2ccc(F)c(NC(=O)CCN3CCOCC3)c2)CCCCC1. The minimum Gasteiger partial charge on any atom is -0.379 e. The van der Waals surface area contributed by atoms with Crippen molar-refractivity contribution in [1.29, 1.82) is 0 Å². The quantitative estimate of drug-likeness (QED) is 0.601. The predicted octanol–water partition coefficient (Wildman–Crippen LogP) is 2.93. The Morgan fingerprint density at radius 3 is 2.43 bits per heavy atom. The summed E-state index contributed by atoms with van der Waals surface area (Å²) in [5.41, 5.74) is 5.84. The maximum Gasteiger partial charge on any atom is 0.244 e. The normalized spacial score (nSPS) is 18.5. The number of hydrogen-bond acceptors (Lipinski definition) is 5. The molecule has 10 heteroatoms. The third kappa shape index (κ3) is 7.35. The number of ether oxygens (including phenoxy) is 1. The van der Waals surface area contributed by atoms with Gasteiger partial charge in [0.1, 0.15) is 5.82 Å². The highest BCUT2D eigenvalue weighted by Crippen LogP contribution is 2.28. The van der Waals surface area contributed by atoms with Crippen LogP contribution in [-0.4, -0.2) is 55.1 Å². The highest BCUT2D eigenvalue weighted by atomic mass is 35.5. The lowest BCUT2D eigenvalue weighted by Crippen LogP contribution is -2.52. The number of morpholine rings is 1. The van der Waals surface area contributed by atoms with Gasteiger partial charge < -0.3 is 21.1 Å². The van der Waals surface area contributed by atoms with Crippen LogP contribution in [0.2, 0.25) is 0 Å². The predicted molar refractivity (Wildman–Crippen MR) is 120 cm³/mol. The Balaban J connectivity index is 0.00000225. The monoisotopic (exact) mass is 464 g/mol. The molecule has 170 valence electrons. The van der Waals surface area contributed by atoms with Gasteiger partial charge in [0.15, 0.2) is 0 Å². The van der Waals surface area contributed by atoms with E-state index in [0.29, 0.717) is 38.3 Å². The van der Waals surface area contributed by atoms with E-state index in [0.717, 1.165) is 32.4 Å². The fourth-order valence-electron chi connectivity index (χ4n) is 3.66. The van der Waals surface area contributed by atoms with Gasteiger partial charge in [0.2, 0.25) is 11.8 Å². The Morgan fingerprint density at radius 2 is 1.77 bits per heavy atom. The minimum atomic E-state index is -0.881. The molecule has 0 bridgehead atoms. The van der Waals surface area contributed by atoms with Crippen LogP contribution in [0.25, 0.3) is 0 Å². The fraction of sp³-hybridized carbons (Fsp3) is 0.600. The van der Waals surface area contributed by atoms with Gasteiger partial charge in [-0.1, -0.05) is 19.3 Å². The molecule has 1 aromatic carbocycles. The summed E-state index contributed by atoms with van der Waals surface area (Å²) in [5.74, 6) is -1.07. The van der Waals surface area contributed by atoms with Gasteiger partial charge >= 0.3 is 0 Å². The van der Waals surface area contributed by atoms with Crippen LogP contribution < -0.4 is 16.4 Å². The van der Waals surface area contributed by atoms with Crippen LogP contribution in [-0.2, 0) is 14.3 Å². The van der Waals surface area contributed by atoms with Crippen LogP contribution >= 0.6 is 24.8 Å². The zero-order valence-corrected chi connectivity index (χ0v) is 18.6. The van der Waals surface area contributed by atoms with E-state index in [4.69, 9.17) is 10.5 Å². The standard InChI is InChI=1S/C20H29FN4O3.2ClH/c21-16-5-4-15(23-19(27)20(22)7-2-1-3-8-20)14-17(16)24-18(26)6-9-25-10-12-28-13-11-25;;/h4-5,14H,1-3,6-13,22H2,(H,23,27)(H,24,26);2*1H. The highest BCUT2D eigenvalue weighted by molar-refractivity contribution is 5.99. The largest absolute Gasteiger partial charge is 0.379 e. The molecule has 1 saturated carbocycles. The lowest BCUT2D eigenvalue weighted by atomic mass is 9.82. The number of halogens is 3. The second kappa shape index (κ2) is 12.4. The van der Waals surface area contributed by atoms with E-state index in [1.54, 1.807) is 0 Å². The van der Waals surface area contributed by atoms with Gasteiger partial charge in [-0.15, -0.1) is 24.8 Å². The van der Waals surface area contributed by atoms with Crippen LogP contribution in [0.15, 0.2) is 18.2 Å². The van der Waals surface area contributed by atoms with Gasteiger partial charge in [-0.05, 0) is 31.0 Å². The molecule has 4 N–H and O–H groups in total. The van der Waals surface area contributed by atoms with Crippen molar-refractivity contribution >= 4 is 48.0 Å². The molecule has 0 spiro atoms. The summed E-state index contributed by atoms with van der Waals surface area (Å²) in [7, 11) is 0. The number of anilines is 2. The number of amides is 2. The lowest BCUT2D eigenvalue weighted by Gasteiger charge is -2.31. The molecule has 2 amide bonds. The summed E-state index contributed by atoms with van der Waals surface area (Å²) in [5, 5.41) is 5.37. The third-order valence-corrected chi connectivity index (χ3v) is 5.46. The van der Waals surface area contributed by atoms with Gasteiger partial charge in [-0.25, -0.2) is 4.39 Å². The van der Waals surface area contributed by atoms with Crippen LogP contribution in [0.3, 0.4) is 0 Å². The molecule has 2 aliphatic rings. The molecule has 0 atom stereocenters. The van der Waals surface area contributed by atoms with E-state index in [-0.39, 0.29) is 48.7 Å². The number of rotatable bonds is 6. The maximum absolute atomic E-state index is 14.1. The topological polar surface area (TPSA) is 96.7 Å². The van der Waals surface area contributed by atoms with Crippen molar-refractivity contribution in [1.82, 2.24) is 4.90 Å². The van der Waals surface area contributed by atoms with Crippen molar-refractivity contribution in [3.63, 3.8) is 0 Å². The molecular weight excluding hydrogens is 434 g/mol. The van der Waals surface area contributed by atoms with Crippen molar-refractivity contribution in [3.8, 4) is 0 Å². The van der Waals surface area contributed by atoms with E-state index < -0.39 is 11.4 Å². The molecule has 1 aromatic rings. The molecule has 0 aromatic heterocycles. The van der Waals surface area contributed by atoms with Crippen molar-refractivity contribution in [2.24, 2.45) is 5.73 Å². The number of carbonyl (C=O) groups excluding carboxylic acids is 2. The molecule has 3 rings (SSSR count). The average Bonchev–Trinajstić information content (AvgIpc) is 2.70. The first-order chi connectivity index (χ1) is 13.5. The Bertz CT molecular complexity index is 711. The zero-order valence-electron chi connectivity index (χ0n) is 17.0. The van der Waals surface area contributed by atoms with E-state index in [1.165, 1.54) is 18.2 Å². The number of nitrogens with two attached hydrogens (primary N) is 1. The molecule has 1 aliphatic carbocycles. The van der Waals surface area contributed by atoms with Crippen molar-refractivity contribution < 1.29 is 18.7 Å². The van der Waals surface area contributed by atoms with E-state index in [2.05, 4.69) is 15.5 Å². The molecule has 1 aliphatic heterocycles. The summed E-state index contributed by atoms with van der Waals surface area (Å²) in [6.07, 6.45) is 4.50. The summed E-state index contributed by atoms with van der Waals surface area (Å²) in [6, 6.07) is 4.14. The van der Waals surface area contributed by atoms with E-state index >= 15 is 0 Å². The van der Waals surface area contributed by atoms with Gasteiger partial charge in [0, 0.05) is 31.7 Å². The minimum absolute atomic E-state index is 0. The van der Waals surface area contributed by atoms with Gasteiger partial charge in [-0.2, -0.15) is 0 Å². The molecule has 30 heavy (non-hydrogen) atoms. The van der Waals surface area contributed by atoms with Crippen molar-refractivity contribution in [3.05, 3.63) is 24.0 Å². The van der Waals surface area contributed by atoms with Crippen LogP contribution in [0, 0.1) is 5.82 Å². The Hall–Kier alpha value is -1.45. The van der Waals surface area contributed by atoms with Gasteiger partial charge in [-0.3, -0.25) is 14.5 Å². The summed E-state index contributed by atoms with van der Waals surface area (Å²) < 4.78 is 19.4. The third-order valence-electron chi connectivity index (χ3n) is 5.46. The Kier molecular flexibility index (Phi) is 11.0. The molecule has 7 nitrogen and oxygen atoms in total. The van der Waals surface area contributed by atoms with Crippen LogP contribution in [0.5, 0.6) is 0 Å². The number of nitrogens with zero attached hydrogens (tertiary/aromatic N) is 1. The molecule has 1 heterocycles. The summed E-state index contributed by atoms with van der Waals surface area (Å²) >= 11 is 0. The Morgan fingerprint density at radius 1 is 1.10 bits per heavy atom. The maximum atomic E-state index is 14.1. The number of nitrogens with one attached hydrogen (secondary N) is 2. The van der Waals surface area contributed by atoms with E-state index in [9.17, 15) is 14.0 Å². The summed E-state index contributed by atoms with van der Waals surface area (Å²) in [4.78, 5) is 26.9. The highest BCUT2D eigenvalue weighted by Gasteiger charge is 2.35. The molecule has 0 radical (unpaired) electrons. The summed E-state index contributed by atoms with van der Waals surface area (Å²) in [6.45, 7) is 3.53. The molecule has 0 unspecified atom stereocenters. The van der Waals surface area contributed by atoms with E-state index in [1.807, 2.05) is 0 Å². The van der Waals surface area contributed by atoms with Gasteiger partial charge in [0.05, 0.1) is 24.4 Å². The number of benzene rings is 1. The van der Waals surface area contributed by atoms with Crippen molar-refractivity contribution in [2.45, 2.75) is 44.1 Å². The first-order valence-corrected chi connectivity index (χ1v) is 9.96. The lowest BCUT2D eigenvalue weighted by molar-refractivity contribution is -0.122. The smallest absolute Gasteiger partial charge is 0.244 e. The fourth-order valence-corrected chi connectivity index (χ4v) is 3.66. The number of hydrogen-bond donors (Lipinski definition) is 3.